The van der Waals surface area contributed by atoms with E-state index in [0.29, 0.717) is 24.4 Å². The summed E-state index contributed by atoms with van der Waals surface area (Å²) in [6.07, 6.45) is 0.743. The Morgan fingerprint density at radius 3 is 2.86 bits per heavy atom. The molecule has 3 rings (SSSR count). The molecule has 1 unspecified atom stereocenters. The number of amides is 1. The van der Waals surface area contributed by atoms with Gasteiger partial charge in [0.2, 0.25) is 0 Å². The van der Waals surface area contributed by atoms with Crippen molar-refractivity contribution in [3.63, 3.8) is 0 Å². The van der Waals surface area contributed by atoms with Crippen molar-refractivity contribution in [2.45, 2.75) is 25.5 Å². The summed E-state index contributed by atoms with van der Waals surface area (Å²) < 4.78 is 11.1. The molecule has 0 aliphatic carbocycles. The van der Waals surface area contributed by atoms with Crippen molar-refractivity contribution in [3.05, 3.63) is 58.3 Å². The van der Waals surface area contributed by atoms with Crippen LogP contribution < -0.4 is 5.32 Å². The molecule has 1 aliphatic rings. The number of nitrogens with zero attached hydrogens (tertiary/aromatic N) is 1. The minimum Gasteiger partial charge on any atom is -0.463 e. The largest absolute Gasteiger partial charge is 0.463 e. The van der Waals surface area contributed by atoms with E-state index in [1.165, 1.54) is 16.9 Å². The first-order valence-corrected chi connectivity index (χ1v) is 10.4. The fraction of sp³-hybridized carbons (Fsp3) is 0.429. The monoisotopic (exact) mass is 402 g/mol. The molecule has 1 saturated heterocycles. The first kappa shape index (κ1) is 20.5. The summed E-state index contributed by atoms with van der Waals surface area (Å²) in [6.45, 7) is 3.87. The Morgan fingerprint density at radius 2 is 2.07 bits per heavy atom. The standard InChI is InChI=1S/C21H26N2O4S/c24-20(9-4-10-22-21(25)19-8-5-13-28-19)27-16-18-15-23(11-12-26-18)14-17-6-2-1-3-7-17/h1-3,5-8,13,18H,4,9-12,14-16H2,(H,22,25). The van der Waals surface area contributed by atoms with Crippen LogP contribution in [0.25, 0.3) is 0 Å². The topological polar surface area (TPSA) is 67.9 Å². The summed E-state index contributed by atoms with van der Waals surface area (Å²) in [7, 11) is 0. The average Bonchev–Trinajstić information content (AvgIpc) is 3.26. The number of carbonyl (C=O) groups is 2. The van der Waals surface area contributed by atoms with E-state index >= 15 is 0 Å². The van der Waals surface area contributed by atoms with Gasteiger partial charge in [-0.25, -0.2) is 0 Å². The van der Waals surface area contributed by atoms with E-state index in [9.17, 15) is 9.59 Å². The molecule has 1 amide bonds. The molecule has 2 aromatic rings. The molecule has 7 heteroatoms. The van der Waals surface area contributed by atoms with Gasteiger partial charge in [0, 0.05) is 32.6 Å². The van der Waals surface area contributed by atoms with Gasteiger partial charge in [-0.15, -0.1) is 11.3 Å². The van der Waals surface area contributed by atoms with Crippen molar-refractivity contribution in [2.75, 3.05) is 32.8 Å². The van der Waals surface area contributed by atoms with Crippen molar-refractivity contribution in [3.8, 4) is 0 Å². The van der Waals surface area contributed by atoms with Crippen LogP contribution in [-0.4, -0.2) is 55.7 Å². The Bertz CT molecular complexity index is 736. The van der Waals surface area contributed by atoms with E-state index in [1.807, 2.05) is 29.6 Å². The average molecular weight is 403 g/mol. The molecule has 28 heavy (non-hydrogen) atoms. The fourth-order valence-corrected chi connectivity index (χ4v) is 3.69. The molecule has 0 spiro atoms. The van der Waals surface area contributed by atoms with Crippen LogP contribution >= 0.6 is 11.3 Å². The maximum Gasteiger partial charge on any atom is 0.305 e. The molecule has 150 valence electrons. The molecule has 0 radical (unpaired) electrons. The SMILES string of the molecule is O=C(CCCNC(=O)c1cccs1)OCC1CN(Cc2ccccc2)CCO1. The van der Waals surface area contributed by atoms with Gasteiger partial charge in [-0.05, 0) is 23.4 Å². The smallest absolute Gasteiger partial charge is 0.305 e. The number of rotatable bonds is 9. The van der Waals surface area contributed by atoms with Crippen LogP contribution in [0.3, 0.4) is 0 Å². The molecule has 6 nitrogen and oxygen atoms in total. The van der Waals surface area contributed by atoms with Crippen LogP contribution in [0.4, 0.5) is 0 Å². The second kappa shape index (κ2) is 10.9. The summed E-state index contributed by atoms with van der Waals surface area (Å²) in [5.74, 6) is -0.355. The normalized spacial score (nSPS) is 17.2. The lowest BCUT2D eigenvalue weighted by Crippen LogP contribution is -2.44. The van der Waals surface area contributed by atoms with Gasteiger partial charge < -0.3 is 14.8 Å². The number of thiophene rings is 1. The molecule has 2 heterocycles. The predicted octanol–water partition coefficient (Wildman–Crippen LogP) is 2.70. The van der Waals surface area contributed by atoms with Crippen LogP contribution in [0.15, 0.2) is 47.8 Å². The number of esters is 1. The van der Waals surface area contributed by atoms with Gasteiger partial charge in [-0.1, -0.05) is 36.4 Å². The Hall–Kier alpha value is -2.22. The molecule has 0 saturated carbocycles. The highest BCUT2D eigenvalue weighted by molar-refractivity contribution is 7.12. The van der Waals surface area contributed by atoms with Gasteiger partial charge in [0.25, 0.3) is 5.91 Å². The first-order valence-electron chi connectivity index (χ1n) is 9.56. The molecule has 1 fully saturated rings. The zero-order chi connectivity index (χ0) is 19.6. The summed E-state index contributed by atoms with van der Waals surface area (Å²) in [5.41, 5.74) is 1.27. The third-order valence-electron chi connectivity index (χ3n) is 4.49. The van der Waals surface area contributed by atoms with E-state index in [1.54, 1.807) is 6.07 Å². The second-order valence-electron chi connectivity index (χ2n) is 6.73. The molecular weight excluding hydrogens is 376 g/mol. The lowest BCUT2D eigenvalue weighted by molar-refractivity contribution is -0.150. The molecule has 1 atom stereocenters. The number of benzene rings is 1. The van der Waals surface area contributed by atoms with Crippen molar-refractivity contribution < 1.29 is 19.1 Å². The minimum atomic E-state index is -0.255. The Balaban J connectivity index is 1.29. The number of morpholine rings is 1. The van der Waals surface area contributed by atoms with Gasteiger partial charge in [-0.2, -0.15) is 0 Å². The van der Waals surface area contributed by atoms with Crippen LogP contribution in [0.2, 0.25) is 0 Å². The van der Waals surface area contributed by atoms with E-state index in [0.717, 1.165) is 19.6 Å². The molecule has 1 aromatic heterocycles. The zero-order valence-corrected chi connectivity index (χ0v) is 16.7. The van der Waals surface area contributed by atoms with Gasteiger partial charge >= 0.3 is 5.97 Å². The van der Waals surface area contributed by atoms with Crippen LogP contribution in [-0.2, 0) is 20.8 Å². The van der Waals surface area contributed by atoms with Crippen molar-refractivity contribution >= 4 is 23.2 Å². The number of nitrogens with one attached hydrogen (secondary N) is 1. The third-order valence-corrected chi connectivity index (χ3v) is 5.36. The highest BCUT2D eigenvalue weighted by Crippen LogP contribution is 2.11. The van der Waals surface area contributed by atoms with Crippen molar-refractivity contribution in [2.24, 2.45) is 0 Å². The van der Waals surface area contributed by atoms with Gasteiger partial charge in [0.05, 0.1) is 11.5 Å². The third kappa shape index (κ3) is 6.74. The lowest BCUT2D eigenvalue weighted by Gasteiger charge is -2.32. The lowest BCUT2D eigenvalue weighted by atomic mass is 10.2. The number of hydrogen-bond donors (Lipinski definition) is 1. The quantitative estimate of drug-likeness (QED) is 0.516. The van der Waals surface area contributed by atoms with Gasteiger partial charge in [-0.3, -0.25) is 14.5 Å². The second-order valence-corrected chi connectivity index (χ2v) is 7.68. The Kier molecular flexibility index (Phi) is 8.02. The van der Waals surface area contributed by atoms with Crippen LogP contribution in [0.5, 0.6) is 0 Å². The van der Waals surface area contributed by atoms with Crippen LogP contribution in [0.1, 0.15) is 28.1 Å². The zero-order valence-electron chi connectivity index (χ0n) is 15.8. The number of hydrogen-bond acceptors (Lipinski definition) is 6. The minimum absolute atomic E-state index is 0.0973. The summed E-state index contributed by atoms with van der Waals surface area (Å²) in [5, 5.41) is 4.67. The van der Waals surface area contributed by atoms with Crippen molar-refractivity contribution in [1.82, 2.24) is 10.2 Å². The maximum atomic E-state index is 11.9. The number of ether oxygens (including phenoxy) is 2. The van der Waals surface area contributed by atoms with Gasteiger partial charge in [0.1, 0.15) is 12.7 Å². The highest BCUT2D eigenvalue weighted by Gasteiger charge is 2.22. The van der Waals surface area contributed by atoms with E-state index in [4.69, 9.17) is 9.47 Å². The van der Waals surface area contributed by atoms with Crippen molar-refractivity contribution in [1.29, 1.82) is 0 Å². The van der Waals surface area contributed by atoms with E-state index in [2.05, 4.69) is 22.3 Å². The maximum absolute atomic E-state index is 11.9. The fourth-order valence-electron chi connectivity index (χ4n) is 3.05. The van der Waals surface area contributed by atoms with E-state index in [-0.39, 0.29) is 31.0 Å². The Morgan fingerprint density at radius 1 is 1.21 bits per heavy atom. The highest BCUT2D eigenvalue weighted by atomic mass is 32.1. The van der Waals surface area contributed by atoms with Gasteiger partial charge in [0.15, 0.2) is 0 Å². The van der Waals surface area contributed by atoms with Crippen LogP contribution in [0, 0.1) is 0 Å². The predicted molar refractivity (Wildman–Crippen MR) is 108 cm³/mol. The number of carbonyl (C=O) groups excluding carboxylic acids is 2. The molecule has 0 bridgehead atoms. The van der Waals surface area contributed by atoms with E-state index < -0.39 is 0 Å². The summed E-state index contributed by atoms with van der Waals surface area (Å²) >= 11 is 1.40. The summed E-state index contributed by atoms with van der Waals surface area (Å²) in [4.78, 5) is 26.7. The Labute approximate surface area is 169 Å². The first-order chi connectivity index (χ1) is 13.7. The summed E-state index contributed by atoms with van der Waals surface area (Å²) in [6, 6.07) is 13.9. The molecule has 1 aliphatic heterocycles. The molecule has 1 N–H and O–H groups in total. The molecular formula is C21H26N2O4S. The molecule has 1 aromatic carbocycles.